The van der Waals surface area contributed by atoms with Crippen LogP contribution >= 0.6 is 34.8 Å². The minimum Gasteiger partial charge on any atom is -0.381 e. The number of hydrogen-bond donors (Lipinski definition) is 1. The van der Waals surface area contributed by atoms with Crippen molar-refractivity contribution in [1.82, 2.24) is 0 Å². The van der Waals surface area contributed by atoms with Gasteiger partial charge in [-0.15, -0.1) is 0 Å². The van der Waals surface area contributed by atoms with E-state index in [0.29, 0.717) is 38.4 Å². The molecule has 0 aliphatic rings. The number of aryl methyl sites for hydroxylation is 1. The molecule has 0 aromatic heterocycles. The number of benzene rings is 2. The van der Waals surface area contributed by atoms with Gasteiger partial charge in [-0.3, -0.25) is 10.1 Å². The van der Waals surface area contributed by atoms with Gasteiger partial charge in [0.15, 0.2) is 0 Å². The minimum absolute atomic E-state index is 0.0586. The Morgan fingerprint density at radius 1 is 1.14 bits per heavy atom. The first-order valence-electron chi connectivity index (χ1n) is 6.01. The summed E-state index contributed by atoms with van der Waals surface area (Å²) < 4.78 is 0. The summed E-state index contributed by atoms with van der Waals surface area (Å²) >= 11 is 18.1. The molecule has 0 spiro atoms. The highest BCUT2D eigenvalue weighted by Gasteiger charge is 2.13. The minimum atomic E-state index is -0.417. The molecule has 0 unspecified atom stereocenters. The van der Waals surface area contributed by atoms with Crippen LogP contribution in [-0.2, 0) is 6.54 Å². The number of anilines is 1. The van der Waals surface area contributed by atoms with Crippen molar-refractivity contribution in [3.05, 3.63) is 66.6 Å². The highest BCUT2D eigenvalue weighted by Crippen LogP contribution is 2.32. The van der Waals surface area contributed by atoms with Gasteiger partial charge in [0, 0.05) is 34.4 Å². The zero-order chi connectivity index (χ0) is 15.6. The molecule has 0 saturated heterocycles. The van der Waals surface area contributed by atoms with Gasteiger partial charge in [-0.2, -0.15) is 0 Å². The van der Waals surface area contributed by atoms with Gasteiger partial charge in [0.25, 0.3) is 5.69 Å². The molecule has 2 rings (SSSR count). The van der Waals surface area contributed by atoms with Crippen LogP contribution in [0.2, 0.25) is 15.1 Å². The molecule has 2 aromatic rings. The second kappa shape index (κ2) is 6.52. The van der Waals surface area contributed by atoms with E-state index in [9.17, 15) is 10.1 Å². The zero-order valence-corrected chi connectivity index (χ0v) is 13.3. The zero-order valence-electron chi connectivity index (χ0n) is 11.0. The number of nitro groups is 1. The molecule has 0 amide bonds. The first-order valence-corrected chi connectivity index (χ1v) is 7.15. The summed E-state index contributed by atoms with van der Waals surface area (Å²) in [6.45, 7) is 2.01. The van der Waals surface area contributed by atoms with Gasteiger partial charge in [-0.05, 0) is 25.1 Å². The van der Waals surface area contributed by atoms with E-state index >= 15 is 0 Å². The van der Waals surface area contributed by atoms with E-state index in [1.807, 2.05) is 0 Å². The van der Waals surface area contributed by atoms with Crippen LogP contribution in [0.25, 0.3) is 0 Å². The van der Waals surface area contributed by atoms with Crippen molar-refractivity contribution in [3.63, 3.8) is 0 Å². The Labute approximate surface area is 136 Å². The largest absolute Gasteiger partial charge is 0.381 e. The first-order chi connectivity index (χ1) is 9.90. The van der Waals surface area contributed by atoms with E-state index in [4.69, 9.17) is 34.8 Å². The lowest BCUT2D eigenvalue weighted by atomic mass is 10.1. The maximum Gasteiger partial charge on any atom is 0.274 e. The van der Waals surface area contributed by atoms with Crippen LogP contribution in [0.3, 0.4) is 0 Å². The van der Waals surface area contributed by atoms with E-state index in [-0.39, 0.29) is 5.69 Å². The standard InChI is InChI=1S/C14H11Cl3N2O2/c1-8-2-3-9(6-13(8)19(20)21)18-7-10-11(15)4-5-12(16)14(10)17/h2-6,18H,7H2,1H3. The highest BCUT2D eigenvalue weighted by atomic mass is 35.5. The Kier molecular flexibility index (Phi) is 4.93. The van der Waals surface area contributed by atoms with Crippen LogP contribution in [0.5, 0.6) is 0 Å². The third-order valence-electron chi connectivity index (χ3n) is 3.01. The molecule has 4 nitrogen and oxygen atoms in total. The molecule has 1 N–H and O–H groups in total. The molecule has 0 aliphatic carbocycles. The van der Waals surface area contributed by atoms with Crippen LogP contribution in [0.4, 0.5) is 11.4 Å². The van der Waals surface area contributed by atoms with Crippen molar-refractivity contribution in [2.24, 2.45) is 0 Å². The Morgan fingerprint density at radius 3 is 2.48 bits per heavy atom. The Balaban J connectivity index is 2.23. The molecule has 0 radical (unpaired) electrons. The Hall–Kier alpha value is -1.49. The Bertz CT molecular complexity index is 705. The predicted molar refractivity (Wildman–Crippen MR) is 86.6 cm³/mol. The summed E-state index contributed by atoms with van der Waals surface area (Å²) in [5.74, 6) is 0. The quantitative estimate of drug-likeness (QED) is 0.454. The summed E-state index contributed by atoms with van der Waals surface area (Å²) in [4.78, 5) is 10.5. The lowest BCUT2D eigenvalue weighted by Crippen LogP contribution is -2.02. The summed E-state index contributed by atoms with van der Waals surface area (Å²) in [6, 6.07) is 8.19. The topological polar surface area (TPSA) is 55.2 Å². The van der Waals surface area contributed by atoms with Crippen molar-refractivity contribution >= 4 is 46.2 Å². The number of nitrogens with one attached hydrogen (secondary N) is 1. The van der Waals surface area contributed by atoms with E-state index in [1.54, 1.807) is 31.2 Å². The average molecular weight is 346 g/mol. The molecule has 110 valence electrons. The van der Waals surface area contributed by atoms with Gasteiger partial charge in [0.1, 0.15) is 0 Å². The number of nitro benzene ring substituents is 1. The van der Waals surface area contributed by atoms with Gasteiger partial charge < -0.3 is 5.32 Å². The molecule has 0 bridgehead atoms. The van der Waals surface area contributed by atoms with E-state index < -0.39 is 4.92 Å². The smallest absolute Gasteiger partial charge is 0.274 e. The highest BCUT2D eigenvalue weighted by molar-refractivity contribution is 6.44. The van der Waals surface area contributed by atoms with Crippen LogP contribution in [0.1, 0.15) is 11.1 Å². The van der Waals surface area contributed by atoms with Gasteiger partial charge in [0.05, 0.1) is 15.0 Å². The molecule has 0 atom stereocenters. The van der Waals surface area contributed by atoms with Gasteiger partial charge >= 0.3 is 0 Å². The number of halogens is 3. The van der Waals surface area contributed by atoms with Crippen LogP contribution in [0.15, 0.2) is 30.3 Å². The fourth-order valence-electron chi connectivity index (χ4n) is 1.84. The monoisotopic (exact) mass is 344 g/mol. The summed E-state index contributed by atoms with van der Waals surface area (Å²) in [5, 5.41) is 15.2. The fourth-order valence-corrected chi connectivity index (χ4v) is 2.52. The first kappa shape index (κ1) is 15.9. The van der Waals surface area contributed by atoms with Crippen molar-refractivity contribution < 1.29 is 4.92 Å². The lowest BCUT2D eigenvalue weighted by molar-refractivity contribution is -0.385. The third-order valence-corrected chi connectivity index (χ3v) is 4.21. The van der Waals surface area contributed by atoms with Crippen molar-refractivity contribution in [3.8, 4) is 0 Å². The molecular formula is C14H11Cl3N2O2. The van der Waals surface area contributed by atoms with Gasteiger partial charge in [0.2, 0.25) is 0 Å². The van der Waals surface area contributed by atoms with Gasteiger partial charge in [-0.25, -0.2) is 0 Å². The normalized spacial score (nSPS) is 10.5. The summed E-state index contributed by atoms with van der Waals surface area (Å²) in [7, 11) is 0. The molecule has 7 heteroatoms. The molecular weight excluding hydrogens is 335 g/mol. The molecule has 0 aliphatic heterocycles. The van der Waals surface area contributed by atoms with Crippen LogP contribution in [-0.4, -0.2) is 4.92 Å². The van der Waals surface area contributed by atoms with E-state index in [2.05, 4.69) is 5.32 Å². The maximum atomic E-state index is 10.9. The summed E-state index contributed by atoms with van der Waals surface area (Å²) in [6.07, 6.45) is 0. The Morgan fingerprint density at radius 2 is 1.81 bits per heavy atom. The molecule has 0 saturated carbocycles. The second-order valence-corrected chi connectivity index (χ2v) is 5.63. The van der Waals surface area contributed by atoms with Crippen LogP contribution < -0.4 is 5.32 Å². The molecule has 21 heavy (non-hydrogen) atoms. The lowest BCUT2D eigenvalue weighted by Gasteiger charge is -2.11. The SMILES string of the molecule is Cc1ccc(NCc2c(Cl)ccc(Cl)c2Cl)cc1[N+](=O)[O-]. The third kappa shape index (κ3) is 3.59. The summed E-state index contributed by atoms with van der Waals surface area (Å²) in [5.41, 5.74) is 1.92. The van der Waals surface area contributed by atoms with Crippen molar-refractivity contribution in [2.45, 2.75) is 13.5 Å². The maximum absolute atomic E-state index is 10.9. The number of rotatable bonds is 4. The predicted octanol–water partition coefficient (Wildman–Crippen LogP) is 5.48. The van der Waals surface area contributed by atoms with E-state index in [1.165, 1.54) is 6.07 Å². The number of hydrogen-bond acceptors (Lipinski definition) is 3. The van der Waals surface area contributed by atoms with Crippen molar-refractivity contribution in [2.75, 3.05) is 5.32 Å². The van der Waals surface area contributed by atoms with Crippen LogP contribution in [0, 0.1) is 17.0 Å². The second-order valence-electron chi connectivity index (χ2n) is 4.43. The van der Waals surface area contributed by atoms with Gasteiger partial charge in [-0.1, -0.05) is 40.9 Å². The average Bonchev–Trinajstić information content (AvgIpc) is 2.44. The van der Waals surface area contributed by atoms with E-state index in [0.717, 1.165) is 0 Å². The van der Waals surface area contributed by atoms with Crippen molar-refractivity contribution in [1.29, 1.82) is 0 Å². The molecule has 2 aromatic carbocycles. The molecule has 0 heterocycles. The fraction of sp³-hybridized carbons (Fsp3) is 0.143. The molecule has 0 fully saturated rings. The number of nitrogens with zero attached hydrogens (tertiary/aromatic N) is 1.